The molecular formula is C11H15N5. The summed E-state index contributed by atoms with van der Waals surface area (Å²) in [5, 5.41) is 3.24. The number of rotatable bonds is 4. The normalized spacial score (nSPS) is 10.4. The van der Waals surface area contributed by atoms with Gasteiger partial charge in [-0.1, -0.05) is 6.92 Å². The maximum atomic E-state index is 4.33. The highest BCUT2D eigenvalue weighted by atomic mass is 15.0. The minimum Gasteiger partial charge on any atom is -0.364 e. The van der Waals surface area contributed by atoms with Crippen LogP contribution >= 0.6 is 0 Å². The van der Waals surface area contributed by atoms with Crippen molar-refractivity contribution < 1.29 is 0 Å². The summed E-state index contributed by atoms with van der Waals surface area (Å²) in [4.78, 5) is 15.6. The summed E-state index contributed by atoms with van der Waals surface area (Å²) in [5.74, 6) is 1.66. The van der Waals surface area contributed by atoms with Crippen LogP contribution in [0.15, 0.2) is 18.6 Å². The van der Waals surface area contributed by atoms with E-state index in [-0.39, 0.29) is 0 Å². The minimum atomic E-state index is 0.694. The van der Waals surface area contributed by atoms with Crippen LogP contribution in [-0.4, -0.2) is 19.9 Å². The van der Waals surface area contributed by atoms with Gasteiger partial charge >= 0.3 is 0 Å². The van der Waals surface area contributed by atoms with Crippen molar-refractivity contribution in [3.63, 3.8) is 0 Å². The van der Waals surface area contributed by atoms with E-state index in [0.29, 0.717) is 6.54 Å². The molecule has 5 heteroatoms. The molecule has 2 heterocycles. The second-order valence-electron chi connectivity index (χ2n) is 3.58. The van der Waals surface area contributed by atoms with Crippen molar-refractivity contribution >= 4 is 5.82 Å². The molecule has 2 N–H and O–H groups in total. The van der Waals surface area contributed by atoms with E-state index in [1.54, 1.807) is 12.5 Å². The fraction of sp³-hybridized carbons (Fsp3) is 0.364. The molecule has 0 aliphatic carbocycles. The van der Waals surface area contributed by atoms with Gasteiger partial charge in [-0.25, -0.2) is 15.0 Å². The van der Waals surface area contributed by atoms with Gasteiger partial charge in [0.25, 0.3) is 0 Å². The lowest BCUT2D eigenvalue weighted by Crippen LogP contribution is -2.04. The Bertz CT molecular complexity index is 449. The number of aromatic nitrogens is 4. The van der Waals surface area contributed by atoms with Crippen molar-refractivity contribution in [3.05, 3.63) is 35.8 Å². The first kappa shape index (κ1) is 10.6. The lowest BCUT2D eigenvalue weighted by atomic mass is 10.3. The third-order valence-corrected chi connectivity index (χ3v) is 2.27. The summed E-state index contributed by atoms with van der Waals surface area (Å²) >= 11 is 0. The quantitative estimate of drug-likeness (QED) is 0.817. The topological polar surface area (TPSA) is 66.5 Å². The first-order chi connectivity index (χ1) is 7.78. The molecule has 0 fully saturated rings. The first-order valence-electron chi connectivity index (χ1n) is 5.33. The highest BCUT2D eigenvalue weighted by molar-refractivity contribution is 5.36. The third-order valence-electron chi connectivity index (χ3n) is 2.27. The third kappa shape index (κ3) is 2.56. The number of aryl methyl sites for hydroxylation is 2. The number of nitrogens with zero attached hydrogens (tertiary/aromatic N) is 3. The van der Waals surface area contributed by atoms with Gasteiger partial charge < -0.3 is 10.3 Å². The Balaban J connectivity index is 2.06. The summed E-state index contributed by atoms with van der Waals surface area (Å²) in [6.07, 6.45) is 4.38. The SMILES string of the molecule is CCc1cc(NCc2cnc[nH]2)nc(C)n1. The zero-order valence-electron chi connectivity index (χ0n) is 9.49. The Hall–Kier alpha value is -1.91. The molecule has 2 aromatic rings. The van der Waals surface area contributed by atoms with Crippen molar-refractivity contribution in [2.24, 2.45) is 0 Å². The fourth-order valence-corrected chi connectivity index (χ4v) is 1.47. The number of anilines is 1. The van der Waals surface area contributed by atoms with Crippen LogP contribution in [0.1, 0.15) is 24.1 Å². The van der Waals surface area contributed by atoms with Gasteiger partial charge in [0.05, 0.1) is 18.6 Å². The van der Waals surface area contributed by atoms with E-state index >= 15 is 0 Å². The van der Waals surface area contributed by atoms with E-state index in [1.807, 2.05) is 13.0 Å². The van der Waals surface area contributed by atoms with Crippen molar-refractivity contribution in [3.8, 4) is 0 Å². The summed E-state index contributed by atoms with van der Waals surface area (Å²) < 4.78 is 0. The molecule has 0 unspecified atom stereocenters. The minimum absolute atomic E-state index is 0.694. The molecular weight excluding hydrogens is 202 g/mol. The predicted molar refractivity (Wildman–Crippen MR) is 62.1 cm³/mol. The van der Waals surface area contributed by atoms with Crippen LogP contribution in [0.4, 0.5) is 5.82 Å². The predicted octanol–water partition coefficient (Wildman–Crippen LogP) is 1.68. The largest absolute Gasteiger partial charge is 0.364 e. The Morgan fingerprint density at radius 1 is 1.38 bits per heavy atom. The molecule has 84 valence electrons. The van der Waals surface area contributed by atoms with Crippen LogP contribution in [0.3, 0.4) is 0 Å². The lowest BCUT2D eigenvalue weighted by Gasteiger charge is -2.06. The summed E-state index contributed by atoms with van der Waals surface area (Å²) in [7, 11) is 0. The molecule has 16 heavy (non-hydrogen) atoms. The van der Waals surface area contributed by atoms with Crippen molar-refractivity contribution in [1.82, 2.24) is 19.9 Å². The van der Waals surface area contributed by atoms with E-state index in [9.17, 15) is 0 Å². The molecule has 0 spiro atoms. The van der Waals surface area contributed by atoms with E-state index in [4.69, 9.17) is 0 Å². The van der Waals surface area contributed by atoms with Crippen LogP contribution in [0.25, 0.3) is 0 Å². The maximum Gasteiger partial charge on any atom is 0.130 e. The van der Waals surface area contributed by atoms with E-state index in [1.165, 1.54) is 0 Å². The van der Waals surface area contributed by atoms with Gasteiger partial charge in [-0.3, -0.25) is 0 Å². The molecule has 0 aliphatic heterocycles. The van der Waals surface area contributed by atoms with Crippen molar-refractivity contribution in [2.75, 3.05) is 5.32 Å². The van der Waals surface area contributed by atoms with Crippen LogP contribution in [0.2, 0.25) is 0 Å². The van der Waals surface area contributed by atoms with Gasteiger partial charge in [-0.15, -0.1) is 0 Å². The Morgan fingerprint density at radius 2 is 2.25 bits per heavy atom. The number of nitrogens with one attached hydrogen (secondary N) is 2. The van der Waals surface area contributed by atoms with E-state index < -0.39 is 0 Å². The molecule has 2 aromatic heterocycles. The monoisotopic (exact) mass is 217 g/mol. The molecule has 0 saturated carbocycles. The van der Waals surface area contributed by atoms with Crippen LogP contribution in [-0.2, 0) is 13.0 Å². The van der Waals surface area contributed by atoms with Gasteiger partial charge in [0.2, 0.25) is 0 Å². The van der Waals surface area contributed by atoms with Gasteiger partial charge in [0, 0.05) is 18.0 Å². The maximum absolute atomic E-state index is 4.33. The first-order valence-corrected chi connectivity index (χ1v) is 5.33. The van der Waals surface area contributed by atoms with Gasteiger partial charge in [-0.05, 0) is 13.3 Å². The smallest absolute Gasteiger partial charge is 0.130 e. The molecule has 0 aromatic carbocycles. The van der Waals surface area contributed by atoms with Gasteiger partial charge in [0.1, 0.15) is 11.6 Å². The van der Waals surface area contributed by atoms with Crippen molar-refractivity contribution in [2.45, 2.75) is 26.8 Å². The summed E-state index contributed by atoms with van der Waals surface area (Å²) in [5.41, 5.74) is 2.09. The second-order valence-corrected chi connectivity index (χ2v) is 3.58. The van der Waals surface area contributed by atoms with Crippen LogP contribution < -0.4 is 5.32 Å². The number of hydrogen-bond donors (Lipinski definition) is 2. The second kappa shape index (κ2) is 4.74. The van der Waals surface area contributed by atoms with Gasteiger partial charge in [-0.2, -0.15) is 0 Å². The number of imidazole rings is 1. The molecule has 0 atom stereocenters. The Morgan fingerprint density at radius 3 is 2.94 bits per heavy atom. The van der Waals surface area contributed by atoms with E-state index in [2.05, 4.69) is 32.2 Å². The lowest BCUT2D eigenvalue weighted by molar-refractivity contribution is 0.937. The average molecular weight is 217 g/mol. The zero-order chi connectivity index (χ0) is 11.4. The number of H-pyrrole nitrogens is 1. The highest BCUT2D eigenvalue weighted by Crippen LogP contribution is 2.08. The van der Waals surface area contributed by atoms with Crippen LogP contribution in [0.5, 0.6) is 0 Å². The molecule has 0 radical (unpaired) electrons. The molecule has 0 aliphatic rings. The standard InChI is InChI=1S/C11H15N5/c1-3-9-4-11(16-8(2)15-9)13-6-10-5-12-7-14-10/h4-5,7H,3,6H2,1-2H3,(H,12,14)(H,13,15,16). The summed E-state index contributed by atoms with van der Waals surface area (Å²) in [6, 6.07) is 1.98. The van der Waals surface area contributed by atoms with Gasteiger partial charge in [0.15, 0.2) is 0 Å². The summed E-state index contributed by atoms with van der Waals surface area (Å²) in [6.45, 7) is 4.68. The number of aromatic amines is 1. The van der Waals surface area contributed by atoms with Crippen LogP contribution in [0, 0.1) is 6.92 Å². The number of hydrogen-bond acceptors (Lipinski definition) is 4. The zero-order valence-corrected chi connectivity index (χ0v) is 9.49. The van der Waals surface area contributed by atoms with E-state index in [0.717, 1.165) is 29.5 Å². The van der Waals surface area contributed by atoms with Crippen molar-refractivity contribution in [1.29, 1.82) is 0 Å². The Kier molecular flexibility index (Phi) is 3.14. The molecule has 0 bridgehead atoms. The molecule has 0 saturated heterocycles. The molecule has 5 nitrogen and oxygen atoms in total. The Labute approximate surface area is 94.4 Å². The molecule has 0 amide bonds. The molecule has 2 rings (SSSR count). The average Bonchev–Trinajstić information content (AvgIpc) is 2.78. The fourth-order valence-electron chi connectivity index (χ4n) is 1.47. The highest BCUT2D eigenvalue weighted by Gasteiger charge is 2.00.